The fraction of sp³-hybridized carbons (Fsp3) is 0.462. The van der Waals surface area contributed by atoms with Crippen LogP contribution >= 0.6 is 0 Å². The molecule has 1 aliphatic rings. The first kappa shape index (κ1) is 11.0. The number of anilines is 1. The summed E-state index contributed by atoms with van der Waals surface area (Å²) in [5, 5.41) is 12.4. The van der Waals surface area contributed by atoms with E-state index >= 15 is 0 Å². The van der Waals surface area contributed by atoms with Gasteiger partial charge in [0.25, 0.3) is 0 Å². The fourth-order valence-corrected chi connectivity index (χ4v) is 2.12. The third kappa shape index (κ3) is 2.17. The van der Waals surface area contributed by atoms with Crippen LogP contribution < -0.4 is 10.2 Å². The Morgan fingerprint density at radius 2 is 2.00 bits per heavy atom. The lowest BCUT2D eigenvalue weighted by molar-refractivity contribution is 0.587. The van der Waals surface area contributed by atoms with E-state index in [1.165, 1.54) is 5.69 Å². The number of hydrogen-bond acceptors (Lipinski definition) is 3. The summed E-state index contributed by atoms with van der Waals surface area (Å²) in [7, 11) is 0. The molecule has 2 rings (SSSR count). The van der Waals surface area contributed by atoms with Gasteiger partial charge in [0.15, 0.2) is 0 Å². The molecule has 0 bridgehead atoms. The standard InChI is InChI=1S/C13H17N3/c1-11(10-14)12-4-2-3-5-13(12)16-8-6-15-7-9-16/h2-5,11,15H,6-9H2,1H3. The van der Waals surface area contributed by atoms with Crippen LogP contribution in [0.25, 0.3) is 0 Å². The number of para-hydroxylation sites is 1. The Hall–Kier alpha value is -1.53. The second-order valence-corrected chi connectivity index (χ2v) is 4.15. The Morgan fingerprint density at radius 3 is 2.69 bits per heavy atom. The zero-order valence-corrected chi connectivity index (χ0v) is 9.61. The van der Waals surface area contributed by atoms with Gasteiger partial charge < -0.3 is 10.2 Å². The molecule has 1 saturated heterocycles. The van der Waals surface area contributed by atoms with Gasteiger partial charge in [-0.2, -0.15) is 5.26 Å². The molecule has 0 radical (unpaired) electrons. The molecule has 0 amide bonds. The van der Waals surface area contributed by atoms with Gasteiger partial charge in [-0.05, 0) is 18.6 Å². The number of rotatable bonds is 2. The average molecular weight is 215 g/mol. The summed E-state index contributed by atoms with van der Waals surface area (Å²) in [6.07, 6.45) is 0. The summed E-state index contributed by atoms with van der Waals surface area (Å²) in [4.78, 5) is 2.36. The van der Waals surface area contributed by atoms with Gasteiger partial charge in [0.05, 0.1) is 12.0 Å². The minimum atomic E-state index is -0.0360. The van der Waals surface area contributed by atoms with E-state index in [4.69, 9.17) is 5.26 Å². The molecule has 1 fully saturated rings. The van der Waals surface area contributed by atoms with Crippen molar-refractivity contribution >= 4 is 5.69 Å². The lowest BCUT2D eigenvalue weighted by Gasteiger charge is -2.31. The van der Waals surface area contributed by atoms with E-state index in [0.29, 0.717) is 0 Å². The fourth-order valence-electron chi connectivity index (χ4n) is 2.12. The van der Waals surface area contributed by atoms with Crippen LogP contribution in [0.15, 0.2) is 24.3 Å². The van der Waals surface area contributed by atoms with E-state index in [0.717, 1.165) is 31.7 Å². The van der Waals surface area contributed by atoms with Gasteiger partial charge in [-0.15, -0.1) is 0 Å². The highest BCUT2D eigenvalue weighted by Crippen LogP contribution is 2.27. The maximum absolute atomic E-state index is 9.03. The molecule has 1 heterocycles. The second-order valence-electron chi connectivity index (χ2n) is 4.15. The summed E-state index contributed by atoms with van der Waals surface area (Å²) in [5.41, 5.74) is 2.37. The molecule has 3 heteroatoms. The molecule has 3 nitrogen and oxygen atoms in total. The van der Waals surface area contributed by atoms with Crippen LogP contribution in [0.5, 0.6) is 0 Å². The van der Waals surface area contributed by atoms with Crippen molar-refractivity contribution in [2.75, 3.05) is 31.1 Å². The minimum absolute atomic E-state index is 0.0360. The van der Waals surface area contributed by atoms with Crippen molar-refractivity contribution in [3.05, 3.63) is 29.8 Å². The van der Waals surface area contributed by atoms with Gasteiger partial charge in [-0.25, -0.2) is 0 Å². The third-order valence-electron chi connectivity index (χ3n) is 3.05. The Labute approximate surface area is 96.7 Å². The van der Waals surface area contributed by atoms with Crippen LogP contribution in [0.2, 0.25) is 0 Å². The van der Waals surface area contributed by atoms with Crippen LogP contribution in [0.4, 0.5) is 5.69 Å². The first-order chi connectivity index (χ1) is 7.83. The topological polar surface area (TPSA) is 39.1 Å². The Bertz CT molecular complexity index is 388. The van der Waals surface area contributed by atoms with Gasteiger partial charge in [-0.3, -0.25) is 0 Å². The van der Waals surface area contributed by atoms with Gasteiger partial charge in [0.2, 0.25) is 0 Å². The van der Waals surface area contributed by atoms with E-state index in [-0.39, 0.29) is 5.92 Å². The minimum Gasteiger partial charge on any atom is -0.369 e. The summed E-state index contributed by atoms with van der Waals surface area (Å²) in [6, 6.07) is 10.6. The Morgan fingerprint density at radius 1 is 1.31 bits per heavy atom. The summed E-state index contributed by atoms with van der Waals surface area (Å²) >= 11 is 0. The molecule has 1 atom stereocenters. The van der Waals surface area contributed by atoms with Crippen LogP contribution in [0.3, 0.4) is 0 Å². The van der Waals surface area contributed by atoms with Crippen molar-refractivity contribution < 1.29 is 0 Å². The zero-order valence-electron chi connectivity index (χ0n) is 9.61. The Kier molecular flexibility index (Phi) is 3.43. The van der Waals surface area contributed by atoms with E-state index in [1.54, 1.807) is 0 Å². The summed E-state index contributed by atoms with van der Waals surface area (Å²) in [5.74, 6) is -0.0360. The number of piperazine rings is 1. The highest BCUT2D eigenvalue weighted by Gasteiger charge is 2.16. The smallest absolute Gasteiger partial charge is 0.0704 e. The highest BCUT2D eigenvalue weighted by atomic mass is 15.2. The molecule has 0 saturated carbocycles. The number of nitriles is 1. The van der Waals surface area contributed by atoms with Crippen molar-refractivity contribution in [1.82, 2.24) is 5.32 Å². The molecule has 1 aromatic carbocycles. The molecule has 1 N–H and O–H groups in total. The molecular formula is C13H17N3. The molecule has 1 unspecified atom stereocenters. The number of nitrogens with zero attached hydrogens (tertiary/aromatic N) is 2. The molecular weight excluding hydrogens is 198 g/mol. The second kappa shape index (κ2) is 5.00. The van der Waals surface area contributed by atoms with Gasteiger partial charge >= 0.3 is 0 Å². The molecule has 1 aromatic rings. The van der Waals surface area contributed by atoms with E-state index in [2.05, 4.69) is 28.4 Å². The maximum Gasteiger partial charge on any atom is 0.0704 e. The first-order valence-corrected chi connectivity index (χ1v) is 5.77. The van der Waals surface area contributed by atoms with Gasteiger partial charge in [0.1, 0.15) is 0 Å². The predicted octanol–water partition coefficient (Wildman–Crippen LogP) is 1.72. The lowest BCUT2D eigenvalue weighted by Crippen LogP contribution is -2.43. The average Bonchev–Trinajstić information content (AvgIpc) is 2.39. The summed E-state index contributed by atoms with van der Waals surface area (Å²) < 4.78 is 0. The quantitative estimate of drug-likeness (QED) is 0.816. The largest absolute Gasteiger partial charge is 0.369 e. The van der Waals surface area contributed by atoms with Crippen molar-refractivity contribution in [1.29, 1.82) is 5.26 Å². The first-order valence-electron chi connectivity index (χ1n) is 5.77. The molecule has 1 aliphatic heterocycles. The number of benzene rings is 1. The lowest BCUT2D eigenvalue weighted by atomic mass is 9.99. The maximum atomic E-state index is 9.03. The van der Waals surface area contributed by atoms with E-state index < -0.39 is 0 Å². The predicted molar refractivity (Wildman–Crippen MR) is 65.6 cm³/mol. The van der Waals surface area contributed by atoms with Crippen molar-refractivity contribution in [2.24, 2.45) is 0 Å². The number of hydrogen-bond donors (Lipinski definition) is 1. The van der Waals surface area contributed by atoms with Crippen LogP contribution in [-0.4, -0.2) is 26.2 Å². The van der Waals surface area contributed by atoms with Crippen LogP contribution in [0, 0.1) is 11.3 Å². The molecule has 0 aromatic heterocycles. The molecule has 0 aliphatic carbocycles. The molecule has 0 spiro atoms. The van der Waals surface area contributed by atoms with Gasteiger partial charge in [0, 0.05) is 31.9 Å². The van der Waals surface area contributed by atoms with E-state index in [1.807, 2.05) is 19.1 Å². The normalized spacial score (nSPS) is 17.9. The SMILES string of the molecule is CC(C#N)c1ccccc1N1CCNCC1. The van der Waals surface area contributed by atoms with Gasteiger partial charge in [-0.1, -0.05) is 18.2 Å². The Balaban J connectivity index is 2.28. The highest BCUT2D eigenvalue weighted by molar-refractivity contribution is 5.56. The molecule has 16 heavy (non-hydrogen) atoms. The van der Waals surface area contributed by atoms with Crippen LogP contribution in [-0.2, 0) is 0 Å². The summed E-state index contributed by atoms with van der Waals surface area (Å²) in [6.45, 7) is 6.05. The van der Waals surface area contributed by atoms with Crippen LogP contribution in [0.1, 0.15) is 18.4 Å². The number of nitrogens with one attached hydrogen (secondary N) is 1. The van der Waals surface area contributed by atoms with Crippen molar-refractivity contribution in [3.63, 3.8) is 0 Å². The third-order valence-corrected chi connectivity index (χ3v) is 3.05. The monoisotopic (exact) mass is 215 g/mol. The zero-order chi connectivity index (χ0) is 11.4. The van der Waals surface area contributed by atoms with Crippen molar-refractivity contribution in [2.45, 2.75) is 12.8 Å². The van der Waals surface area contributed by atoms with E-state index in [9.17, 15) is 0 Å². The van der Waals surface area contributed by atoms with Crippen molar-refractivity contribution in [3.8, 4) is 6.07 Å². The molecule has 84 valence electrons.